The Kier molecular flexibility index (Phi) is 6.63. The third-order valence-corrected chi connectivity index (χ3v) is 2.70. The molecule has 19 heavy (non-hydrogen) atoms. The molecular formula is C13H23N5O. The minimum absolute atomic E-state index is 0.0495. The van der Waals surface area contributed by atoms with Crippen molar-refractivity contribution in [3.63, 3.8) is 0 Å². The average molecular weight is 265 g/mol. The molecule has 0 aliphatic carbocycles. The summed E-state index contributed by atoms with van der Waals surface area (Å²) in [6.07, 6.45) is 4.62. The number of nitrogen functional groups attached to an aromatic ring is 1. The van der Waals surface area contributed by atoms with Gasteiger partial charge in [0.1, 0.15) is 18.0 Å². The van der Waals surface area contributed by atoms with Crippen molar-refractivity contribution in [3.8, 4) is 0 Å². The number of anilines is 2. The Morgan fingerprint density at radius 1 is 1.26 bits per heavy atom. The van der Waals surface area contributed by atoms with Crippen molar-refractivity contribution < 1.29 is 4.79 Å². The quantitative estimate of drug-likeness (QED) is 0.659. The summed E-state index contributed by atoms with van der Waals surface area (Å²) in [5.74, 6) is 1.29. The molecule has 0 aliphatic rings. The molecule has 0 saturated heterocycles. The number of amides is 1. The van der Waals surface area contributed by atoms with Crippen LogP contribution in [0.25, 0.3) is 0 Å². The first-order valence-electron chi connectivity index (χ1n) is 6.78. The summed E-state index contributed by atoms with van der Waals surface area (Å²) in [6, 6.07) is 0. The summed E-state index contributed by atoms with van der Waals surface area (Å²) in [5.41, 5.74) is 6.76. The number of carbonyl (C=O) groups is 1. The molecule has 0 spiro atoms. The molecule has 0 bridgehead atoms. The molecule has 1 aromatic heterocycles. The second kappa shape index (κ2) is 8.29. The molecule has 0 unspecified atom stereocenters. The third-order valence-electron chi connectivity index (χ3n) is 2.70. The second-order valence-corrected chi connectivity index (χ2v) is 4.36. The molecule has 1 rings (SSSR count). The van der Waals surface area contributed by atoms with Gasteiger partial charge in [0.25, 0.3) is 0 Å². The van der Waals surface area contributed by atoms with E-state index in [0.29, 0.717) is 18.8 Å². The van der Waals surface area contributed by atoms with E-state index in [1.807, 2.05) is 6.92 Å². The molecule has 0 fully saturated rings. The van der Waals surface area contributed by atoms with E-state index in [1.165, 1.54) is 6.33 Å². The predicted molar refractivity (Wildman–Crippen MR) is 76.8 cm³/mol. The monoisotopic (exact) mass is 265 g/mol. The van der Waals surface area contributed by atoms with E-state index >= 15 is 0 Å². The number of nitrogens with zero attached hydrogens (tertiary/aromatic N) is 2. The van der Waals surface area contributed by atoms with E-state index in [1.54, 1.807) is 0 Å². The summed E-state index contributed by atoms with van der Waals surface area (Å²) >= 11 is 0. The molecular weight excluding hydrogens is 242 g/mol. The molecule has 0 aliphatic heterocycles. The Bertz CT molecular complexity index is 408. The summed E-state index contributed by atoms with van der Waals surface area (Å²) in [7, 11) is 0. The lowest BCUT2D eigenvalue weighted by Gasteiger charge is -2.11. The molecule has 4 N–H and O–H groups in total. The van der Waals surface area contributed by atoms with Crippen LogP contribution in [0.5, 0.6) is 0 Å². The highest BCUT2D eigenvalue weighted by Gasteiger charge is 2.08. The van der Waals surface area contributed by atoms with E-state index < -0.39 is 0 Å². The molecule has 1 aromatic rings. The maximum Gasteiger partial charge on any atom is 0.221 e. The van der Waals surface area contributed by atoms with Crippen LogP contribution in [-0.2, 0) is 11.2 Å². The smallest absolute Gasteiger partial charge is 0.221 e. The number of aromatic nitrogens is 2. The molecule has 106 valence electrons. The normalized spacial score (nSPS) is 10.2. The van der Waals surface area contributed by atoms with Crippen molar-refractivity contribution >= 4 is 17.5 Å². The Hall–Kier alpha value is -1.85. The highest BCUT2D eigenvalue weighted by atomic mass is 16.1. The van der Waals surface area contributed by atoms with Crippen molar-refractivity contribution in [2.45, 2.75) is 39.5 Å². The molecule has 0 atom stereocenters. The van der Waals surface area contributed by atoms with E-state index in [4.69, 9.17) is 5.73 Å². The van der Waals surface area contributed by atoms with Crippen LogP contribution in [0.4, 0.5) is 11.6 Å². The molecule has 6 heteroatoms. The highest BCUT2D eigenvalue weighted by Crippen LogP contribution is 2.18. The van der Waals surface area contributed by atoms with Crippen molar-refractivity contribution in [3.05, 3.63) is 11.9 Å². The summed E-state index contributed by atoms with van der Waals surface area (Å²) in [6.45, 7) is 5.37. The van der Waals surface area contributed by atoms with Crippen molar-refractivity contribution in [1.82, 2.24) is 15.3 Å². The fourth-order valence-corrected chi connectivity index (χ4v) is 1.72. The van der Waals surface area contributed by atoms with Gasteiger partial charge >= 0.3 is 0 Å². The fourth-order valence-electron chi connectivity index (χ4n) is 1.72. The molecule has 1 heterocycles. The standard InChI is InChI=1S/C13H23N5O/c1-3-5-10-12(14)17-9-18-13(10)16-8-6-11(19)15-7-4-2/h9H,3-8H2,1-2H3,(H,15,19)(H3,14,16,17,18). The Labute approximate surface area is 114 Å². The zero-order valence-corrected chi connectivity index (χ0v) is 11.7. The van der Waals surface area contributed by atoms with Crippen LogP contribution in [0.3, 0.4) is 0 Å². The van der Waals surface area contributed by atoms with Crippen LogP contribution >= 0.6 is 0 Å². The second-order valence-electron chi connectivity index (χ2n) is 4.36. The van der Waals surface area contributed by atoms with Gasteiger partial charge < -0.3 is 16.4 Å². The van der Waals surface area contributed by atoms with E-state index in [9.17, 15) is 4.79 Å². The van der Waals surface area contributed by atoms with Crippen LogP contribution in [0.2, 0.25) is 0 Å². The Balaban J connectivity index is 2.48. The lowest BCUT2D eigenvalue weighted by Crippen LogP contribution is -2.26. The third kappa shape index (κ3) is 5.11. The Morgan fingerprint density at radius 2 is 2.05 bits per heavy atom. The lowest BCUT2D eigenvalue weighted by molar-refractivity contribution is -0.120. The molecule has 0 radical (unpaired) electrons. The molecule has 0 aromatic carbocycles. The number of nitrogens with one attached hydrogen (secondary N) is 2. The van der Waals surface area contributed by atoms with Gasteiger partial charge in [-0.25, -0.2) is 9.97 Å². The highest BCUT2D eigenvalue weighted by molar-refractivity contribution is 5.76. The number of rotatable bonds is 8. The fraction of sp³-hybridized carbons (Fsp3) is 0.615. The lowest BCUT2D eigenvalue weighted by atomic mass is 10.1. The number of carbonyl (C=O) groups excluding carboxylic acids is 1. The van der Waals surface area contributed by atoms with Crippen molar-refractivity contribution in [1.29, 1.82) is 0 Å². The zero-order chi connectivity index (χ0) is 14.1. The van der Waals surface area contributed by atoms with Gasteiger partial charge in [0, 0.05) is 25.1 Å². The SMILES string of the molecule is CCCNC(=O)CCNc1ncnc(N)c1CCC. The van der Waals surface area contributed by atoms with Crippen LogP contribution in [0.15, 0.2) is 6.33 Å². The van der Waals surface area contributed by atoms with Gasteiger partial charge in [-0.1, -0.05) is 20.3 Å². The first-order chi connectivity index (χ1) is 9.19. The topological polar surface area (TPSA) is 92.9 Å². The molecule has 1 amide bonds. The predicted octanol–water partition coefficient (Wildman–Crippen LogP) is 1.34. The van der Waals surface area contributed by atoms with Gasteiger partial charge in [-0.2, -0.15) is 0 Å². The van der Waals surface area contributed by atoms with E-state index in [0.717, 1.165) is 37.2 Å². The van der Waals surface area contributed by atoms with Gasteiger partial charge in [0.15, 0.2) is 0 Å². The van der Waals surface area contributed by atoms with Gasteiger partial charge in [-0.15, -0.1) is 0 Å². The minimum atomic E-state index is 0.0495. The largest absolute Gasteiger partial charge is 0.383 e. The van der Waals surface area contributed by atoms with E-state index in [2.05, 4.69) is 27.5 Å². The first-order valence-corrected chi connectivity index (χ1v) is 6.78. The van der Waals surface area contributed by atoms with Crippen LogP contribution in [-0.4, -0.2) is 29.0 Å². The summed E-state index contributed by atoms with van der Waals surface area (Å²) < 4.78 is 0. The van der Waals surface area contributed by atoms with Crippen LogP contribution in [0.1, 0.15) is 38.7 Å². The summed E-state index contributed by atoms with van der Waals surface area (Å²) in [4.78, 5) is 19.6. The van der Waals surface area contributed by atoms with Gasteiger partial charge in [-0.3, -0.25) is 4.79 Å². The average Bonchev–Trinajstić information content (AvgIpc) is 2.40. The zero-order valence-electron chi connectivity index (χ0n) is 11.7. The van der Waals surface area contributed by atoms with Crippen LogP contribution in [0, 0.1) is 0 Å². The van der Waals surface area contributed by atoms with Gasteiger partial charge in [0.2, 0.25) is 5.91 Å². The van der Waals surface area contributed by atoms with Crippen molar-refractivity contribution in [2.24, 2.45) is 0 Å². The molecule has 0 saturated carbocycles. The Morgan fingerprint density at radius 3 is 2.74 bits per heavy atom. The molecule has 6 nitrogen and oxygen atoms in total. The summed E-state index contributed by atoms with van der Waals surface area (Å²) in [5, 5.41) is 5.99. The van der Waals surface area contributed by atoms with Crippen LogP contribution < -0.4 is 16.4 Å². The maximum atomic E-state index is 11.5. The van der Waals surface area contributed by atoms with Crippen molar-refractivity contribution in [2.75, 3.05) is 24.1 Å². The number of hydrogen-bond acceptors (Lipinski definition) is 5. The van der Waals surface area contributed by atoms with Gasteiger partial charge in [0.05, 0.1) is 0 Å². The maximum absolute atomic E-state index is 11.5. The van der Waals surface area contributed by atoms with Gasteiger partial charge in [-0.05, 0) is 12.8 Å². The number of hydrogen-bond donors (Lipinski definition) is 3. The minimum Gasteiger partial charge on any atom is -0.383 e. The first kappa shape index (κ1) is 15.2. The number of nitrogens with two attached hydrogens (primary N) is 1. The van der Waals surface area contributed by atoms with E-state index in [-0.39, 0.29) is 5.91 Å².